The Labute approximate surface area is 81.4 Å². The maximum Gasteiger partial charge on any atom is 0.294 e. The number of hydrogen-bond acceptors (Lipinski definition) is 4. The van der Waals surface area contributed by atoms with E-state index >= 15 is 0 Å². The van der Waals surface area contributed by atoms with E-state index in [1.807, 2.05) is 0 Å². The predicted octanol–water partition coefficient (Wildman–Crippen LogP) is -0.0410. The van der Waals surface area contributed by atoms with E-state index in [9.17, 15) is 8.42 Å². The summed E-state index contributed by atoms with van der Waals surface area (Å²) in [5.41, 5.74) is 0.389. The van der Waals surface area contributed by atoms with Gasteiger partial charge in [0.1, 0.15) is 6.10 Å². The third-order valence-electron chi connectivity index (χ3n) is 1.74. The molecule has 1 atom stereocenters. The van der Waals surface area contributed by atoms with Gasteiger partial charge in [0.15, 0.2) is 0 Å². The zero-order valence-electron chi connectivity index (χ0n) is 7.16. The average molecular weight is 218 g/mol. The lowest BCUT2D eigenvalue weighted by atomic mass is 10.1. The van der Waals surface area contributed by atoms with Crippen LogP contribution in [0.5, 0.6) is 0 Å². The Morgan fingerprint density at radius 1 is 1.21 bits per heavy atom. The lowest BCUT2D eigenvalue weighted by Crippen LogP contribution is -2.03. The Morgan fingerprint density at radius 2 is 1.71 bits per heavy atom. The molecule has 14 heavy (non-hydrogen) atoms. The van der Waals surface area contributed by atoms with Crippen molar-refractivity contribution >= 4 is 10.1 Å². The summed E-state index contributed by atoms with van der Waals surface area (Å²) in [5.74, 6) is 0. The number of hydrogen-bond donors (Lipinski definition) is 3. The third kappa shape index (κ3) is 2.52. The van der Waals surface area contributed by atoms with Crippen LogP contribution in [0.1, 0.15) is 11.7 Å². The summed E-state index contributed by atoms with van der Waals surface area (Å²) < 4.78 is 29.9. The molecule has 3 N–H and O–H groups in total. The minimum absolute atomic E-state index is 0.244. The van der Waals surface area contributed by atoms with Gasteiger partial charge in [-0.1, -0.05) is 12.1 Å². The maximum absolute atomic E-state index is 10.6. The summed E-state index contributed by atoms with van der Waals surface area (Å²) in [6, 6.07) is 4.96. The van der Waals surface area contributed by atoms with Gasteiger partial charge in [-0.05, 0) is 17.7 Å². The molecule has 0 aliphatic carbocycles. The van der Waals surface area contributed by atoms with E-state index in [0.717, 1.165) is 12.1 Å². The van der Waals surface area contributed by atoms with Gasteiger partial charge in [-0.3, -0.25) is 4.55 Å². The largest absolute Gasteiger partial charge is 0.393 e. The molecule has 78 valence electrons. The fourth-order valence-corrected chi connectivity index (χ4v) is 1.45. The molecular weight excluding hydrogens is 208 g/mol. The molecular formula is C8H10O5S. The van der Waals surface area contributed by atoms with Gasteiger partial charge >= 0.3 is 0 Å². The number of rotatable bonds is 3. The average Bonchev–Trinajstić information content (AvgIpc) is 2.15. The third-order valence-corrected chi connectivity index (χ3v) is 2.60. The number of aliphatic hydroxyl groups excluding tert-OH is 2. The van der Waals surface area contributed by atoms with E-state index in [-0.39, 0.29) is 4.90 Å². The number of aliphatic hydroxyl groups is 2. The second-order valence-electron chi connectivity index (χ2n) is 2.74. The zero-order chi connectivity index (χ0) is 10.8. The molecule has 0 aliphatic rings. The van der Waals surface area contributed by atoms with E-state index in [0.29, 0.717) is 5.56 Å². The summed E-state index contributed by atoms with van der Waals surface area (Å²) >= 11 is 0. The molecule has 0 aromatic heterocycles. The van der Waals surface area contributed by atoms with Crippen molar-refractivity contribution in [2.24, 2.45) is 0 Å². The quantitative estimate of drug-likeness (QED) is 0.619. The Hall–Kier alpha value is -0.950. The molecule has 0 unspecified atom stereocenters. The lowest BCUT2D eigenvalue weighted by Gasteiger charge is -2.07. The second kappa shape index (κ2) is 4.05. The highest BCUT2D eigenvalue weighted by atomic mass is 32.2. The van der Waals surface area contributed by atoms with E-state index in [2.05, 4.69) is 0 Å². The standard InChI is InChI=1S/C8H10O5S/c9-5-8(10)6-1-3-7(4-2-6)14(11,12)13/h1-4,8-10H,5H2,(H,11,12,13)/t8-/m0/s1. The van der Waals surface area contributed by atoms with Gasteiger partial charge in [-0.2, -0.15) is 8.42 Å². The van der Waals surface area contributed by atoms with E-state index < -0.39 is 22.8 Å². The molecule has 0 radical (unpaired) electrons. The Bertz CT molecular complexity index is 394. The lowest BCUT2D eigenvalue weighted by molar-refractivity contribution is 0.0956. The van der Waals surface area contributed by atoms with Crippen LogP contribution in [-0.4, -0.2) is 29.8 Å². The molecule has 1 rings (SSSR count). The van der Waals surface area contributed by atoms with Crippen LogP contribution < -0.4 is 0 Å². The van der Waals surface area contributed by atoms with E-state index in [4.69, 9.17) is 14.8 Å². The van der Waals surface area contributed by atoms with Crippen molar-refractivity contribution in [1.82, 2.24) is 0 Å². The van der Waals surface area contributed by atoms with E-state index in [1.54, 1.807) is 0 Å². The van der Waals surface area contributed by atoms with Gasteiger partial charge in [0.25, 0.3) is 10.1 Å². The van der Waals surface area contributed by atoms with Gasteiger partial charge in [-0.15, -0.1) is 0 Å². The molecule has 5 nitrogen and oxygen atoms in total. The van der Waals surface area contributed by atoms with Crippen LogP contribution in [0, 0.1) is 0 Å². The second-order valence-corrected chi connectivity index (χ2v) is 4.16. The topological polar surface area (TPSA) is 94.8 Å². The van der Waals surface area contributed by atoms with Gasteiger partial charge in [0, 0.05) is 0 Å². The summed E-state index contributed by atoms with van der Waals surface area (Å²) in [7, 11) is -4.20. The van der Waals surface area contributed by atoms with Crippen LogP contribution in [0.4, 0.5) is 0 Å². The van der Waals surface area contributed by atoms with Crippen LogP contribution >= 0.6 is 0 Å². The SMILES string of the molecule is O=S(=O)(O)c1ccc([C@@H](O)CO)cc1. The van der Waals surface area contributed by atoms with Gasteiger partial charge in [0.2, 0.25) is 0 Å². The predicted molar refractivity (Wildman–Crippen MR) is 48.3 cm³/mol. The minimum atomic E-state index is -4.20. The van der Waals surface area contributed by atoms with Crippen molar-refractivity contribution in [3.63, 3.8) is 0 Å². The molecule has 0 fully saturated rings. The highest BCUT2D eigenvalue weighted by Gasteiger charge is 2.10. The van der Waals surface area contributed by atoms with Crippen molar-refractivity contribution < 1.29 is 23.2 Å². The summed E-state index contributed by atoms with van der Waals surface area (Å²) in [6.07, 6.45) is -1.04. The van der Waals surface area contributed by atoms with E-state index in [1.165, 1.54) is 12.1 Å². The molecule has 1 aromatic carbocycles. The molecule has 0 saturated heterocycles. The Balaban J connectivity index is 3.01. The molecule has 1 aromatic rings. The molecule has 0 saturated carbocycles. The monoisotopic (exact) mass is 218 g/mol. The van der Waals surface area contributed by atoms with Crippen LogP contribution in [-0.2, 0) is 10.1 Å². The highest BCUT2D eigenvalue weighted by molar-refractivity contribution is 7.85. The molecule has 6 heteroatoms. The van der Waals surface area contributed by atoms with Crippen LogP contribution in [0.2, 0.25) is 0 Å². The fraction of sp³-hybridized carbons (Fsp3) is 0.250. The van der Waals surface area contributed by atoms with Crippen molar-refractivity contribution in [2.75, 3.05) is 6.61 Å². The van der Waals surface area contributed by atoms with Gasteiger partial charge in [0.05, 0.1) is 11.5 Å². The Kier molecular flexibility index (Phi) is 3.22. The Morgan fingerprint density at radius 3 is 2.07 bits per heavy atom. The maximum atomic E-state index is 10.6. The van der Waals surface area contributed by atoms with Crippen molar-refractivity contribution in [2.45, 2.75) is 11.0 Å². The zero-order valence-corrected chi connectivity index (χ0v) is 7.98. The molecule has 0 spiro atoms. The van der Waals surface area contributed by atoms with Gasteiger partial charge < -0.3 is 10.2 Å². The smallest absolute Gasteiger partial charge is 0.294 e. The van der Waals surface area contributed by atoms with Gasteiger partial charge in [-0.25, -0.2) is 0 Å². The fourth-order valence-electron chi connectivity index (χ4n) is 0.967. The number of benzene rings is 1. The first-order valence-corrected chi connectivity index (χ1v) is 5.25. The highest BCUT2D eigenvalue weighted by Crippen LogP contribution is 2.15. The molecule has 0 heterocycles. The van der Waals surface area contributed by atoms with Crippen molar-refractivity contribution in [3.05, 3.63) is 29.8 Å². The normalized spacial score (nSPS) is 13.9. The van der Waals surface area contributed by atoms with Crippen LogP contribution in [0.25, 0.3) is 0 Å². The first-order chi connectivity index (χ1) is 6.45. The summed E-state index contributed by atoms with van der Waals surface area (Å²) in [6.45, 7) is -0.439. The molecule has 0 bridgehead atoms. The minimum Gasteiger partial charge on any atom is -0.393 e. The van der Waals surface area contributed by atoms with Crippen molar-refractivity contribution in [1.29, 1.82) is 0 Å². The van der Waals surface area contributed by atoms with Crippen molar-refractivity contribution in [3.8, 4) is 0 Å². The van der Waals surface area contributed by atoms with Crippen LogP contribution in [0.15, 0.2) is 29.2 Å². The summed E-state index contributed by atoms with van der Waals surface area (Å²) in [5, 5.41) is 17.8. The first kappa shape index (κ1) is 11.1. The first-order valence-electron chi connectivity index (χ1n) is 3.81. The molecule has 0 aliphatic heterocycles. The summed E-state index contributed by atoms with van der Waals surface area (Å²) in [4.78, 5) is -0.244. The van der Waals surface area contributed by atoms with Crippen LogP contribution in [0.3, 0.4) is 0 Å². The molecule has 0 amide bonds.